The molecule has 1 amide bonds. The van der Waals surface area contributed by atoms with Gasteiger partial charge in [0.2, 0.25) is 5.91 Å². The number of nitrogens with one attached hydrogen (secondary N) is 1. The van der Waals surface area contributed by atoms with Gasteiger partial charge < -0.3 is 14.8 Å². The molecule has 0 spiro atoms. The van der Waals surface area contributed by atoms with Crippen LogP contribution in [0.4, 0.5) is 0 Å². The van der Waals surface area contributed by atoms with Gasteiger partial charge in [-0.2, -0.15) is 0 Å². The van der Waals surface area contributed by atoms with E-state index in [4.69, 9.17) is 9.47 Å². The Morgan fingerprint density at radius 2 is 1.93 bits per heavy atom. The molecule has 3 rings (SSSR count). The molecule has 2 heterocycles. The fraction of sp³-hybridized carbons (Fsp3) is 0.263. The van der Waals surface area contributed by atoms with Crippen LogP contribution in [0.25, 0.3) is 10.9 Å². The van der Waals surface area contributed by atoms with Gasteiger partial charge in [0.25, 0.3) is 5.56 Å². The molecule has 0 fully saturated rings. The van der Waals surface area contributed by atoms with Crippen LogP contribution in [0, 0.1) is 0 Å². The van der Waals surface area contributed by atoms with Gasteiger partial charge in [0.1, 0.15) is 0 Å². The zero-order valence-corrected chi connectivity index (χ0v) is 15.1. The molecule has 140 valence electrons. The van der Waals surface area contributed by atoms with Crippen molar-refractivity contribution in [3.8, 4) is 11.5 Å². The number of hydrogen-bond donors (Lipinski definition) is 1. The summed E-state index contributed by atoms with van der Waals surface area (Å²) in [6.45, 7) is 0.575. The van der Waals surface area contributed by atoms with Crippen molar-refractivity contribution < 1.29 is 14.3 Å². The Balaban J connectivity index is 1.70. The first-order chi connectivity index (χ1) is 13.1. The molecule has 0 bridgehead atoms. The number of aromatic nitrogens is 3. The average Bonchev–Trinajstić information content (AvgIpc) is 2.71. The summed E-state index contributed by atoms with van der Waals surface area (Å²) >= 11 is 0. The zero-order valence-electron chi connectivity index (χ0n) is 15.1. The van der Waals surface area contributed by atoms with Gasteiger partial charge in [-0.1, -0.05) is 6.07 Å². The van der Waals surface area contributed by atoms with Gasteiger partial charge >= 0.3 is 0 Å². The van der Waals surface area contributed by atoms with E-state index in [0.717, 1.165) is 5.69 Å². The van der Waals surface area contributed by atoms with E-state index in [1.54, 1.807) is 18.3 Å². The smallest absolute Gasteiger partial charge is 0.261 e. The van der Waals surface area contributed by atoms with Crippen LogP contribution >= 0.6 is 0 Å². The lowest BCUT2D eigenvalue weighted by atomic mass is 10.2. The molecule has 27 heavy (non-hydrogen) atoms. The Morgan fingerprint density at radius 3 is 2.63 bits per heavy atom. The molecule has 0 aliphatic heterocycles. The van der Waals surface area contributed by atoms with E-state index >= 15 is 0 Å². The number of carbonyl (C=O) groups is 1. The Hall–Kier alpha value is -3.42. The number of ether oxygens (including phenoxy) is 2. The minimum absolute atomic E-state index is 0.160. The number of amides is 1. The molecule has 1 N–H and O–H groups in total. The van der Waals surface area contributed by atoms with E-state index in [9.17, 15) is 9.59 Å². The lowest BCUT2D eigenvalue weighted by Crippen LogP contribution is -2.27. The molecule has 8 heteroatoms. The van der Waals surface area contributed by atoms with E-state index in [-0.39, 0.29) is 24.4 Å². The van der Waals surface area contributed by atoms with Crippen LogP contribution in [0.3, 0.4) is 0 Å². The van der Waals surface area contributed by atoms with Gasteiger partial charge in [0, 0.05) is 25.2 Å². The minimum atomic E-state index is -0.238. The van der Waals surface area contributed by atoms with Crippen molar-refractivity contribution >= 4 is 16.8 Å². The predicted molar refractivity (Wildman–Crippen MR) is 99.8 cm³/mol. The third-order valence-electron chi connectivity index (χ3n) is 4.10. The molecule has 1 aromatic carbocycles. The minimum Gasteiger partial charge on any atom is -0.493 e. The first kappa shape index (κ1) is 18.4. The molecule has 0 aliphatic rings. The molecule has 0 radical (unpaired) electrons. The number of rotatable bonds is 7. The quantitative estimate of drug-likeness (QED) is 0.679. The second kappa shape index (κ2) is 8.31. The molecule has 0 aliphatic carbocycles. The average molecular weight is 368 g/mol. The maximum Gasteiger partial charge on any atom is 0.261 e. The molecule has 3 aromatic rings. The molecule has 0 unspecified atom stereocenters. The summed E-state index contributed by atoms with van der Waals surface area (Å²) < 4.78 is 11.9. The molecule has 0 saturated heterocycles. The molecular formula is C19H20N4O4. The highest BCUT2D eigenvalue weighted by molar-refractivity contribution is 5.81. The highest BCUT2D eigenvalue weighted by Crippen LogP contribution is 2.29. The number of hydrogen-bond acceptors (Lipinski definition) is 6. The second-order valence-corrected chi connectivity index (χ2v) is 5.82. The van der Waals surface area contributed by atoms with Crippen LogP contribution < -0.4 is 20.3 Å². The molecular weight excluding hydrogens is 348 g/mol. The van der Waals surface area contributed by atoms with Crippen LogP contribution in [-0.4, -0.2) is 34.7 Å². The van der Waals surface area contributed by atoms with E-state index in [2.05, 4.69) is 15.3 Å². The van der Waals surface area contributed by atoms with Crippen molar-refractivity contribution in [2.45, 2.75) is 19.5 Å². The Kier molecular flexibility index (Phi) is 5.65. The lowest BCUT2D eigenvalue weighted by molar-refractivity contribution is -0.121. The van der Waals surface area contributed by atoms with Crippen molar-refractivity contribution in [2.75, 3.05) is 14.2 Å². The van der Waals surface area contributed by atoms with Crippen molar-refractivity contribution in [3.63, 3.8) is 0 Å². The maximum atomic E-state index is 12.7. The standard InChI is InChI=1S/C19H20N4O4/c1-26-16-9-14-15(10-17(16)27-2)22-12-23(19(14)25)8-6-18(24)21-11-13-5-3-4-7-20-13/h3-5,7,9-10,12H,6,8,11H2,1-2H3,(H,21,24). The Bertz CT molecular complexity index is 1000. The molecule has 8 nitrogen and oxygen atoms in total. The number of benzene rings is 1. The van der Waals surface area contributed by atoms with Crippen molar-refractivity contribution in [1.29, 1.82) is 0 Å². The largest absolute Gasteiger partial charge is 0.493 e. The SMILES string of the molecule is COc1cc2ncn(CCC(=O)NCc3ccccn3)c(=O)c2cc1OC. The summed E-state index contributed by atoms with van der Waals surface area (Å²) in [5.41, 5.74) is 1.04. The van der Waals surface area contributed by atoms with Crippen LogP contribution in [0.5, 0.6) is 11.5 Å². The first-order valence-corrected chi connectivity index (χ1v) is 8.40. The van der Waals surface area contributed by atoms with Crippen LogP contribution in [0.1, 0.15) is 12.1 Å². The summed E-state index contributed by atoms with van der Waals surface area (Å²) in [5, 5.41) is 3.19. The summed E-state index contributed by atoms with van der Waals surface area (Å²) in [6.07, 6.45) is 3.26. The third kappa shape index (κ3) is 4.22. The summed E-state index contributed by atoms with van der Waals surface area (Å²) in [4.78, 5) is 33.1. The van der Waals surface area contributed by atoms with E-state index in [0.29, 0.717) is 28.9 Å². The Labute approximate surface area is 155 Å². The fourth-order valence-corrected chi connectivity index (χ4v) is 2.65. The van der Waals surface area contributed by atoms with Gasteiger partial charge in [-0.3, -0.25) is 19.1 Å². The van der Waals surface area contributed by atoms with E-state index in [1.807, 2.05) is 18.2 Å². The normalized spacial score (nSPS) is 10.6. The fourth-order valence-electron chi connectivity index (χ4n) is 2.65. The van der Waals surface area contributed by atoms with Crippen LogP contribution in [-0.2, 0) is 17.9 Å². The second-order valence-electron chi connectivity index (χ2n) is 5.82. The van der Waals surface area contributed by atoms with Crippen LogP contribution in [0.15, 0.2) is 47.7 Å². The summed E-state index contributed by atoms with van der Waals surface area (Å²) in [7, 11) is 3.03. The van der Waals surface area contributed by atoms with Gasteiger partial charge in [-0.05, 0) is 18.2 Å². The zero-order chi connectivity index (χ0) is 19.2. The molecule has 0 atom stereocenters. The van der Waals surface area contributed by atoms with E-state index in [1.165, 1.54) is 25.1 Å². The topological polar surface area (TPSA) is 95.3 Å². The number of fused-ring (bicyclic) bond motifs is 1. The molecule has 0 saturated carbocycles. The first-order valence-electron chi connectivity index (χ1n) is 8.40. The number of nitrogens with zero attached hydrogens (tertiary/aromatic N) is 3. The summed E-state index contributed by atoms with van der Waals surface area (Å²) in [5.74, 6) is 0.790. The van der Waals surface area contributed by atoms with Crippen molar-refractivity contribution in [1.82, 2.24) is 19.9 Å². The predicted octanol–water partition coefficient (Wildman–Crippen LogP) is 1.52. The number of pyridine rings is 1. The van der Waals surface area contributed by atoms with Crippen molar-refractivity contribution in [3.05, 3.63) is 58.9 Å². The monoisotopic (exact) mass is 368 g/mol. The van der Waals surface area contributed by atoms with Gasteiger partial charge in [-0.15, -0.1) is 0 Å². The van der Waals surface area contributed by atoms with E-state index < -0.39 is 0 Å². The molecule has 2 aromatic heterocycles. The number of aryl methyl sites for hydroxylation is 1. The van der Waals surface area contributed by atoms with Gasteiger partial charge in [-0.25, -0.2) is 4.98 Å². The lowest BCUT2D eigenvalue weighted by Gasteiger charge is -2.10. The summed E-state index contributed by atoms with van der Waals surface area (Å²) in [6, 6.07) is 8.76. The maximum absolute atomic E-state index is 12.7. The van der Waals surface area contributed by atoms with Crippen molar-refractivity contribution in [2.24, 2.45) is 0 Å². The Morgan fingerprint density at radius 1 is 1.15 bits per heavy atom. The third-order valence-corrected chi connectivity index (χ3v) is 4.10. The number of carbonyl (C=O) groups excluding carboxylic acids is 1. The van der Waals surface area contributed by atoms with Crippen LogP contribution in [0.2, 0.25) is 0 Å². The number of methoxy groups -OCH3 is 2. The van der Waals surface area contributed by atoms with Gasteiger partial charge in [0.15, 0.2) is 11.5 Å². The highest BCUT2D eigenvalue weighted by atomic mass is 16.5. The van der Waals surface area contributed by atoms with Gasteiger partial charge in [0.05, 0.1) is 43.7 Å². The highest BCUT2D eigenvalue weighted by Gasteiger charge is 2.12.